The zero-order valence-corrected chi connectivity index (χ0v) is 12.8. The van der Waals surface area contributed by atoms with Crippen LogP contribution in [0.1, 0.15) is 33.0 Å². The maximum absolute atomic E-state index is 4.75. The maximum atomic E-state index is 4.75. The number of nitrogens with one attached hydrogen (secondary N) is 1. The van der Waals surface area contributed by atoms with E-state index >= 15 is 0 Å². The fraction of sp³-hybridized carbons (Fsp3) is 0.471. The van der Waals surface area contributed by atoms with Crippen LogP contribution in [0.25, 0.3) is 11.0 Å². The van der Waals surface area contributed by atoms with E-state index in [-0.39, 0.29) is 0 Å². The summed E-state index contributed by atoms with van der Waals surface area (Å²) in [5.41, 5.74) is 3.49. The Morgan fingerprint density at radius 1 is 1.35 bits per heavy atom. The number of hydrogen-bond donors (Lipinski definition) is 1. The molecule has 1 aromatic heterocycles. The summed E-state index contributed by atoms with van der Waals surface area (Å²) in [6.07, 6.45) is 2.12. The molecule has 2 rings (SSSR count). The van der Waals surface area contributed by atoms with Gasteiger partial charge in [0.1, 0.15) is 5.82 Å². The van der Waals surface area contributed by atoms with Gasteiger partial charge in [-0.2, -0.15) is 0 Å². The van der Waals surface area contributed by atoms with Crippen molar-refractivity contribution >= 4 is 11.0 Å². The topological polar surface area (TPSA) is 29.9 Å². The van der Waals surface area contributed by atoms with E-state index in [1.54, 1.807) is 0 Å². The zero-order chi connectivity index (χ0) is 14.5. The number of hydrogen-bond acceptors (Lipinski definition) is 2. The predicted octanol–water partition coefficient (Wildman–Crippen LogP) is 3.54. The van der Waals surface area contributed by atoms with Gasteiger partial charge in [-0.1, -0.05) is 39.5 Å². The first-order chi connectivity index (χ1) is 9.61. The van der Waals surface area contributed by atoms with Crippen molar-refractivity contribution in [1.29, 1.82) is 0 Å². The number of para-hydroxylation sites is 2. The molecule has 0 spiro atoms. The van der Waals surface area contributed by atoms with Crippen LogP contribution >= 0.6 is 0 Å². The van der Waals surface area contributed by atoms with Crippen LogP contribution in [0.5, 0.6) is 0 Å². The molecule has 0 radical (unpaired) electrons. The summed E-state index contributed by atoms with van der Waals surface area (Å²) in [5.74, 6) is 1.17. The van der Waals surface area contributed by atoms with Gasteiger partial charge in [0.05, 0.1) is 11.0 Å². The Balaban J connectivity index is 2.22. The van der Waals surface area contributed by atoms with Crippen molar-refractivity contribution < 1.29 is 0 Å². The summed E-state index contributed by atoms with van der Waals surface area (Å²) in [6.45, 7) is 12.4. The second-order valence-corrected chi connectivity index (χ2v) is 5.64. The number of aryl methyl sites for hydroxylation is 1. The molecular weight excluding hydrogens is 246 g/mol. The Morgan fingerprint density at radius 2 is 2.10 bits per heavy atom. The van der Waals surface area contributed by atoms with Crippen LogP contribution in [-0.2, 0) is 13.0 Å². The first kappa shape index (κ1) is 14.8. The largest absolute Gasteiger partial charge is 0.324 e. The van der Waals surface area contributed by atoms with E-state index < -0.39 is 0 Å². The van der Waals surface area contributed by atoms with Gasteiger partial charge in [0.25, 0.3) is 0 Å². The van der Waals surface area contributed by atoms with Crippen molar-refractivity contribution in [2.45, 2.75) is 46.2 Å². The summed E-state index contributed by atoms with van der Waals surface area (Å²) < 4.78 is 2.31. The van der Waals surface area contributed by atoms with Crippen molar-refractivity contribution in [2.75, 3.05) is 6.54 Å². The Hall–Kier alpha value is -1.61. The molecule has 0 amide bonds. The standard InChI is InChI=1S/C17H25N3/c1-5-8-17-19-15-9-6-7-10-16(15)20(17)12-14(4)11-18-13(2)3/h6-7,9-10,13,18H,4-5,8,11-12H2,1-3H3. The van der Waals surface area contributed by atoms with E-state index in [4.69, 9.17) is 4.98 Å². The summed E-state index contributed by atoms with van der Waals surface area (Å²) in [6, 6.07) is 8.84. The highest BCUT2D eigenvalue weighted by molar-refractivity contribution is 5.76. The first-order valence-corrected chi connectivity index (χ1v) is 7.46. The molecule has 1 N–H and O–H groups in total. The molecule has 0 saturated carbocycles. The first-order valence-electron chi connectivity index (χ1n) is 7.46. The third-order valence-electron chi connectivity index (χ3n) is 3.35. The second-order valence-electron chi connectivity index (χ2n) is 5.64. The summed E-state index contributed by atoms with van der Waals surface area (Å²) in [5, 5.41) is 3.42. The van der Waals surface area contributed by atoms with Crippen LogP contribution in [-0.4, -0.2) is 22.1 Å². The molecule has 1 aromatic carbocycles. The third-order valence-corrected chi connectivity index (χ3v) is 3.35. The van der Waals surface area contributed by atoms with Gasteiger partial charge < -0.3 is 9.88 Å². The van der Waals surface area contributed by atoms with Crippen LogP contribution < -0.4 is 5.32 Å². The highest BCUT2D eigenvalue weighted by atomic mass is 15.1. The van der Waals surface area contributed by atoms with Crippen molar-refractivity contribution in [3.63, 3.8) is 0 Å². The number of nitrogens with zero attached hydrogens (tertiary/aromatic N) is 2. The summed E-state index contributed by atoms with van der Waals surface area (Å²) in [4.78, 5) is 4.75. The molecular formula is C17H25N3. The molecule has 3 nitrogen and oxygen atoms in total. The molecule has 0 fully saturated rings. The minimum Gasteiger partial charge on any atom is -0.324 e. The van der Waals surface area contributed by atoms with E-state index in [9.17, 15) is 0 Å². The molecule has 2 aromatic rings. The molecule has 3 heteroatoms. The lowest BCUT2D eigenvalue weighted by Crippen LogP contribution is -2.26. The van der Waals surface area contributed by atoms with Crippen molar-refractivity contribution in [1.82, 2.24) is 14.9 Å². The molecule has 108 valence electrons. The molecule has 0 saturated heterocycles. The van der Waals surface area contributed by atoms with Gasteiger partial charge in [0.15, 0.2) is 0 Å². The summed E-state index contributed by atoms with van der Waals surface area (Å²) in [7, 11) is 0. The van der Waals surface area contributed by atoms with Crippen molar-refractivity contribution in [3.8, 4) is 0 Å². The van der Waals surface area contributed by atoms with Gasteiger partial charge in [0, 0.05) is 25.6 Å². The fourth-order valence-corrected chi connectivity index (χ4v) is 2.34. The van der Waals surface area contributed by atoms with Crippen LogP contribution in [0.4, 0.5) is 0 Å². The van der Waals surface area contributed by atoms with Crippen LogP contribution in [0, 0.1) is 0 Å². The highest BCUT2D eigenvalue weighted by Crippen LogP contribution is 2.18. The van der Waals surface area contributed by atoms with E-state index in [0.29, 0.717) is 6.04 Å². The summed E-state index contributed by atoms with van der Waals surface area (Å²) >= 11 is 0. The minimum absolute atomic E-state index is 0.487. The Kier molecular flexibility index (Phi) is 4.96. The lowest BCUT2D eigenvalue weighted by atomic mass is 10.2. The average Bonchev–Trinajstić information content (AvgIpc) is 2.75. The van der Waals surface area contributed by atoms with Gasteiger partial charge >= 0.3 is 0 Å². The Bertz CT molecular complexity index is 581. The van der Waals surface area contributed by atoms with Crippen molar-refractivity contribution in [3.05, 3.63) is 42.2 Å². The van der Waals surface area contributed by atoms with Gasteiger partial charge in [-0.15, -0.1) is 0 Å². The van der Waals surface area contributed by atoms with E-state index in [0.717, 1.165) is 31.4 Å². The number of benzene rings is 1. The molecule has 0 atom stereocenters. The molecule has 0 unspecified atom stereocenters. The maximum Gasteiger partial charge on any atom is 0.110 e. The molecule has 1 heterocycles. The third kappa shape index (κ3) is 3.48. The lowest BCUT2D eigenvalue weighted by molar-refractivity contribution is 0.600. The number of rotatable bonds is 7. The Morgan fingerprint density at radius 3 is 2.80 bits per heavy atom. The Labute approximate surface area is 121 Å². The van der Waals surface area contributed by atoms with Crippen LogP contribution in [0.3, 0.4) is 0 Å². The SMILES string of the molecule is C=C(CNC(C)C)Cn1c(CCC)nc2ccccc21. The normalized spacial score (nSPS) is 11.4. The molecule has 0 aliphatic rings. The zero-order valence-electron chi connectivity index (χ0n) is 12.8. The van der Waals surface area contributed by atoms with E-state index in [1.807, 2.05) is 6.07 Å². The van der Waals surface area contributed by atoms with E-state index in [2.05, 4.69) is 55.4 Å². The lowest BCUT2D eigenvalue weighted by Gasteiger charge is -2.13. The van der Waals surface area contributed by atoms with Crippen LogP contribution in [0.2, 0.25) is 0 Å². The second kappa shape index (κ2) is 6.71. The van der Waals surface area contributed by atoms with Gasteiger partial charge in [-0.3, -0.25) is 0 Å². The number of fused-ring (bicyclic) bond motifs is 1. The average molecular weight is 271 g/mol. The number of aromatic nitrogens is 2. The smallest absolute Gasteiger partial charge is 0.110 e. The van der Waals surface area contributed by atoms with Crippen LogP contribution in [0.15, 0.2) is 36.4 Å². The number of imidazole rings is 1. The predicted molar refractivity (Wildman–Crippen MR) is 86.0 cm³/mol. The molecule has 0 bridgehead atoms. The molecule has 20 heavy (non-hydrogen) atoms. The van der Waals surface area contributed by atoms with E-state index in [1.165, 1.54) is 16.9 Å². The quantitative estimate of drug-likeness (QED) is 0.781. The van der Waals surface area contributed by atoms with Gasteiger partial charge in [0.2, 0.25) is 0 Å². The van der Waals surface area contributed by atoms with Gasteiger partial charge in [-0.05, 0) is 24.1 Å². The van der Waals surface area contributed by atoms with Crippen molar-refractivity contribution in [2.24, 2.45) is 0 Å². The monoisotopic (exact) mass is 271 g/mol. The minimum atomic E-state index is 0.487. The fourth-order valence-electron chi connectivity index (χ4n) is 2.34. The molecule has 0 aliphatic heterocycles. The highest BCUT2D eigenvalue weighted by Gasteiger charge is 2.10. The molecule has 0 aliphatic carbocycles. The van der Waals surface area contributed by atoms with Gasteiger partial charge in [-0.25, -0.2) is 4.98 Å².